The molecular weight excluding hydrogens is 222 g/mol. The van der Waals surface area contributed by atoms with Crippen molar-refractivity contribution < 1.29 is 14.7 Å². The van der Waals surface area contributed by atoms with Crippen molar-refractivity contribution in [1.82, 2.24) is 9.78 Å². The van der Waals surface area contributed by atoms with Crippen molar-refractivity contribution in [2.45, 2.75) is 33.1 Å². The highest BCUT2D eigenvalue weighted by Crippen LogP contribution is 2.18. The maximum Gasteiger partial charge on any atom is 0.341 e. The van der Waals surface area contributed by atoms with Gasteiger partial charge in [0.25, 0.3) is 0 Å². The molecule has 0 saturated heterocycles. The van der Waals surface area contributed by atoms with Crippen LogP contribution in [-0.4, -0.2) is 26.8 Å². The Balaban J connectivity index is 2.90. The second-order valence-corrected chi connectivity index (χ2v) is 3.89. The SMILES string of the molecule is CCCCC(=O)Nc1c(C(=O)O)c(C)nn1C. The number of hydrogen-bond acceptors (Lipinski definition) is 3. The van der Waals surface area contributed by atoms with Gasteiger partial charge in [0.2, 0.25) is 5.91 Å². The second-order valence-electron chi connectivity index (χ2n) is 3.89. The fourth-order valence-electron chi connectivity index (χ4n) is 1.59. The van der Waals surface area contributed by atoms with Crippen LogP contribution in [0.5, 0.6) is 0 Å². The van der Waals surface area contributed by atoms with Crippen LogP contribution in [-0.2, 0) is 11.8 Å². The van der Waals surface area contributed by atoms with Gasteiger partial charge in [-0.3, -0.25) is 9.48 Å². The van der Waals surface area contributed by atoms with E-state index >= 15 is 0 Å². The van der Waals surface area contributed by atoms with Gasteiger partial charge in [0, 0.05) is 13.5 Å². The third-order valence-electron chi connectivity index (χ3n) is 2.45. The van der Waals surface area contributed by atoms with Gasteiger partial charge in [-0.15, -0.1) is 0 Å². The lowest BCUT2D eigenvalue weighted by Crippen LogP contribution is -2.16. The van der Waals surface area contributed by atoms with Crippen molar-refractivity contribution in [2.75, 3.05) is 5.32 Å². The van der Waals surface area contributed by atoms with Gasteiger partial charge in [-0.1, -0.05) is 13.3 Å². The first-order valence-electron chi connectivity index (χ1n) is 5.54. The lowest BCUT2D eigenvalue weighted by atomic mass is 10.2. The molecular formula is C11H17N3O3. The zero-order chi connectivity index (χ0) is 13.0. The van der Waals surface area contributed by atoms with Crippen LogP contribution in [0.25, 0.3) is 0 Å². The Morgan fingerprint density at radius 1 is 1.47 bits per heavy atom. The normalized spacial score (nSPS) is 10.3. The van der Waals surface area contributed by atoms with E-state index in [0.29, 0.717) is 12.1 Å². The molecule has 94 valence electrons. The lowest BCUT2D eigenvalue weighted by Gasteiger charge is -2.06. The van der Waals surface area contributed by atoms with Gasteiger partial charge < -0.3 is 10.4 Å². The van der Waals surface area contributed by atoms with Crippen LogP contribution in [0, 0.1) is 6.92 Å². The molecule has 17 heavy (non-hydrogen) atoms. The summed E-state index contributed by atoms with van der Waals surface area (Å²) < 4.78 is 1.38. The fraction of sp³-hybridized carbons (Fsp3) is 0.545. The topological polar surface area (TPSA) is 84.2 Å². The monoisotopic (exact) mass is 239 g/mol. The maximum atomic E-state index is 11.6. The Kier molecular flexibility index (Phi) is 4.25. The first-order valence-corrected chi connectivity index (χ1v) is 5.54. The molecule has 0 fully saturated rings. The summed E-state index contributed by atoms with van der Waals surface area (Å²) in [5.41, 5.74) is 0.447. The molecule has 0 spiro atoms. The van der Waals surface area contributed by atoms with Gasteiger partial charge in [0.15, 0.2) is 0 Å². The second kappa shape index (κ2) is 5.47. The van der Waals surface area contributed by atoms with Crippen molar-refractivity contribution in [1.29, 1.82) is 0 Å². The van der Waals surface area contributed by atoms with Crippen LogP contribution < -0.4 is 5.32 Å². The van der Waals surface area contributed by atoms with E-state index in [0.717, 1.165) is 12.8 Å². The minimum atomic E-state index is -1.08. The van der Waals surface area contributed by atoms with E-state index in [4.69, 9.17) is 5.11 Å². The molecule has 0 aliphatic heterocycles. The van der Waals surface area contributed by atoms with Crippen molar-refractivity contribution in [3.05, 3.63) is 11.3 Å². The number of aryl methyl sites for hydroxylation is 2. The van der Waals surface area contributed by atoms with Crippen LogP contribution in [0.3, 0.4) is 0 Å². The number of nitrogens with zero attached hydrogens (tertiary/aromatic N) is 2. The van der Waals surface area contributed by atoms with Gasteiger partial charge in [-0.05, 0) is 13.3 Å². The number of carbonyl (C=O) groups excluding carboxylic acids is 1. The largest absolute Gasteiger partial charge is 0.477 e. The highest BCUT2D eigenvalue weighted by atomic mass is 16.4. The zero-order valence-electron chi connectivity index (χ0n) is 10.3. The summed E-state index contributed by atoms with van der Waals surface area (Å²) >= 11 is 0. The predicted octanol–water partition coefficient (Wildman–Crippen LogP) is 1.56. The van der Waals surface area contributed by atoms with Crippen LogP contribution in [0.2, 0.25) is 0 Å². The summed E-state index contributed by atoms with van der Waals surface area (Å²) in [7, 11) is 1.61. The molecule has 0 atom stereocenters. The molecule has 1 aromatic rings. The van der Waals surface area contributed by atoms with E-state index in [1.807, 2.05) is 6.92 Å². The van der Waals surface area contributed by atoms with Gasteiger partial charge in [0.1, 0.15) is 11.4 Å². The van der Waals surface area contributed by atoms with Gasteiger partial charge in [0.05, 0.1) is 5.69 Å². The van der Waals surface area contributed by atoms with Gasteiger partial charge in [-0.2, -0.15) is 5.10 Å². The zero-order valence-corrected chi connectivity index (χ0v) is 10.3. The van der Waals surface area contributed by atoms with Crippen molar-refractivity contribution >= 4 is 17.7 Å². The Morgan fingerprint density at radius 2 is 2.12 bits per heavy atom. The Hall–Kier alpha value is -1.85. The molecule has 0 aliphatic carbocycles. The minimum absolute atomic E-state index is 0.0531. The number of rotatable bonds is 5. The molecule has 0 aromatic carbocycles. The quantitative estimate of drug-likeness (QED) is 0.816. The molecule has 1 rings (SSSR count). The summed E-state index contributed by atoms with van der Waals surface area (Å²) in [6, 6.07) is 0. The van der Waals surface area contributed by atoms with Gasteiger partial charge in [-0.25, -0.2) is 4.79 Å². The molecule has 0 bridgehead atoms. The number of unbranched alkanes of at least 4 members (excludes halogenated alkanes) is 1. The van der Waals surface area contributed by atoms with E-state index in [2.05, 4.69) is 10.4 Å². The number of nitrogens with one attached hydrogen (secondary N) is 1. The maximum absolute atomic E-state index is 11.6. The van der Waals surface area contributed by atoms with Crippen molar-refractivity contribution in [3.8, 4) is 0 Å². The highest BCUT2D eigenvalue weighted by Gasteiger charge is 2.20. The molecule has 0 radical (unpaired) electrons. The Labute approximate surface area is 99.6 Å². The average Bonchev–Trinajstić information content (AvgIpc) is 2.51. The van der Waals surface area contributed by atoms with E-state index in [9.17, 15) is 9.59 Å². The first-order chi connectivity index (χ1) is 7.97. The van der Waals surface area contributed by atoms with Crippen LogP contribution in [0.15, 0.2) is 0 Å². The van der Waals surface area contributed by atoms with E-state index in [1.165, 1.54) is 4.68 Å². The number of amides is 1. The van der Waals surface area contributed by atoms with E-state index in [-0.39, 0.29) is 17.3 Å². The average molecular weight is 239 g/mol. The molecule has 1 amide bonds. The molecule has 0 unspecified atom stereocenters. The summed E-state index contributed by atoms with van der Waals surface area (Å²) in [6.45, 7) is 3.59. The number of carbonyl (C=O) groups is 2. The van der Waals surface area contributed by atoms with Gasteiger partial charge >= 0.3 is 5.97 Å². The minimum Gasteiger partial charge on any atom is -0.477 e. The summed E-state index contributed by atoms with van der Waals surface area (Å²) in [6.07, 6.45) is 2.09. The number of anilines is 1. The molecule has 2 N–H and O–H groups in total. The summed E-state index contributed by atoms with van der Waals surface area (Å²) in [5, 5.41) is 15.6. The molecule has 1 aromatic heterocycles. The molecule has 0 saturated carbocycles. The fourth-order valence-corrected chi connectivity index (χ4v) is 1.59. The van der Waals surface area contributed by atoms with Crippen LogP contribution >= 0.6 is 0 Å². The first kappa shape index (κ1) is 13.2. The van der Waals surface area contributed by atoms with E-state index in [1.54, 1.807) is 14.0 Å². The number of aromatic nitrogens is 2. The number of carboxylic acid groups (broad SMARTS) is 1. The summed E-state index contributed by atoms with van der Waals surface area (Å²) in [4.78, 5) is 22.6. The lowest BCUT2D eigenvalue weighted by molar-refractivity contribution is -0.116. The summed E-state index contributed by atoms with van der Waals surface area (Å²) in [5.74, 6) is -1.02. The molecule has 6 nitrogen and oxygen atoms in total. The third-order valence-corrected chi connectivity index (χ3v) is 2.45. The van der Waals surface area contributed by atoms with Crippen LogP contribution in [0.4, 0.5) is 5.82 Å². The number of aromatic carboxylic acids is 1. The number of hydrogen-bond donors (Lipinski definition) is 2. The standard InChI is InChI=1S/C11H17N3O3/c1-4-5-6-8(15)12-10-9(11(16)17)7(2)13-14(10)3/h4-6H2,1-3H3,(H,12,15)(H,16,17). The van der Waals surface area contributed by atoms with Crippen LogP contribution in [0.1, 0.15) is 42.2 Å². The Morgan fingerprint density at radius 3 is 2.65 bits per heavy atom. The van der Waals surface area contributed by atoms with Crippen molar-refractivity contribution in [2.24, 2.45) is 7.05 Å². The molecule has 1 heterocycles. The van der Waals surface area contributed by atoms with Crippen molar-refractivity contribution in [3.63, 3.8) is 0 Å². The third kappa shape index (κ3) is 3.05. The Bertz CT molecular complexity index is 437. The molecule has 0 aliphatic rings. The number of carboxylic acids is 1. The van der Waals surface area contributed by atoms with E-state index < -0.39 is 5.97 Å². The predicted molar refractivity (Wildman–Crippen MR) is 63.1 cm³/mol. The smallest absolute Gasteiger partial charge is 0.341 e. The highest BCUT2D eigenvalue weighted by molar-refractivity contribution is 6.00. The molecule has 6 heteroatoms.